The van der Waals surface area contributed by atoms with Gasteiger partial charge in [0, 0.05) is 12.1 Å². The van der Waals surface area contributed by atoms with Crippen LogP contribution in [0.3, 0.4) is 0 Å². The van der Waals surface area contributed by atoms with Gasteiger partial charge in [0.25, 0.3) is 0 Å². The lowest BCUT2D eigenvalue weighted by atomic mass is 10.1. The van der Waals surface area contributed by atoms with Crippen LogP contribution in [0.5, 0.6) is 0 Å². The van der Waals surface area contributed by atoms with Crippen LogP contribution in [-0.4, -0.2) is 6.54 Å². The van der Waals surface area contributed by atoms with Crippen molar-refractivity contribution in [1.29, 1.82) is 0 Å². The lowest BCUT2D eigenvalue weighted by Crippen LogP contribution is -2.21. The molecule has 1 N–H and O–H groups in total. The Balaban J connectivity index is 1.59. The third kappa shape index (κ3) is 2.88. The molecule has 0 spiro atoms. The van der Waals surface area contributed by atoms with Gasteiger partial charge in [-0.3, -0.25) is 0 Å². The van der Waals surface area contributed by atoms with E-state index in [1.807, 2.05) is 0 Å². The van der Waals surface area contributed by atoms with Crippen LogP contribution in [0.2, 0.25) is 0 Å². The summed E-state index contributed by atoms with van der Waals surface area (Å²) in [6.07, 6.45) is 2.83. The molecule has 1 aliphatic rings. The number of aryl methyl sites for hydroxylation is 1. The minimum Gasteiger partial charge on any atom is -0.310 e. The summed E-state index contributed by atoms with van der Waals surface area (Å²) >= 11 is 0. The molecule has 1 unspecified atom stereocenters. The van der Waals surface area contributed by atoms with Crippen LogP contribution in [-0.2, 0) is 12.8 Å². The molecule has 2 aromatic rings. The van der Waals surface area contributed by atoms with E-state index in [9.17, 15) is 8.78 Å². The van der Waals surface area contributed by atoms with E-state index >= 15 is 0 Å². The van der Waals surface area contributed by atoms with E-state index in [4.69, 9.17) is 0 Å². The minimum absolute atomic E-state index is 0.365. The fourth-order valence-electron chi connectivity index (χ4n) is 2.92. The molecule has 3 heteroatoms. The highest BCUT2D eigenvalue weighted by Gasteiger charge is 2.20. The second-order valence-electron chi connectivity index (χ2n) is 5.27. The Morgan fingerprint density at radius 3 is 2.60 bits per heavy atom. The van der Waals surface area contributed by atoms with E-state index in [2.05, 4.69) is 29.6 Å². The molecule has 20 heavy (non-hydrogen) atoms. The van der Waals surface area contributed by atoms with Crippen molar-refractivity contribution in [3.8, 4) is 0 Å². The van der Waals surface area contributed by atoms with Crippen molar-refractivity contribution in [2.45, 2.75) is 25.3 Å². The van der Waals surface area contributed by atoms with Gasteiger partial charge in [-0.1, -0.05) is 24.3 Å². The van der Waals surface area contributed by atoms with Crippen LogP contribution in [0, 0.1) is 11.6 Å². The van der Waals surface area contributed by atoms with Gasteiger partial charge in [0.05, 0.1) is 0 Å². The van der Waals surface area contributed by atoms with Crippen LogP contribution in [0.15, 0.2) is 42.5 Å². The number of fused-ring (bicyclic) bond motifs is 1. The first-order chi connectivity index (χ1) is 9.72. The molecular formula is C17H17F2N. The molecule has 2 aromatic carbocycles. The molecular weight excluding hydrogens is 256 g/mol. The van der Waals surface area contributed by atoms with Crippen molar-refractivity contribution >= 4 is 0 Å². The Bertz CT molecular complexity index is 589. The van der Waals surface area contributed by atoms with E-state index in [1.54, 1.807) is 0 Å². The minimum atomic E-state index is -0.508. The molecule has 0 saturated heterocycles. The Morgan fingerprint density at radius 2 is 1.80 bits per heavy atom. The van der Waals surface area contributed by atoms with Crippen molar-refractivity contribution in [1.82, 2.24) is 5.32 Å². The van der Waals surface area contributed by atoms with E-state index < -0.39 is 11.6 Å². The average Bonchev–Trinajstić information content (AvgIpc) is 2.81. The Kier molecular flexibility index (Phi) is 3.79. The van der Waals surface area contributed by atoms with Gasteiger partial charge in [0.15, 0.2) is 0 Å². The van der Waals surface area contributed by atoms with Crippen LogP contribution in [0.4, 0.5) is 8.78 Å². The molecule has 0 saturated carbocycles. The summed E-state index contributed by atoms with van der Waals surface area (Å²) in [5.74, 6) is -1.02. The maximum absolute atomic E-state index is 13.1. The van der Waals surface area contributed by atoms with Gasteiger partial charge in [-0.2, -0.15) is 0 Å². The fourth-order valence-corrected chi connectivity index (χ4v) is 2.92. The van der Waals surface area contributed by atoms with Crippen molar-refractivity contribution in [3.63, 3.8) is 0 Å². The first kappa shape index (κ1) is 13.3. The summed E-state index contributed by atoms with van der Waals surface area (Å²) in [5, 5.41) is 3.48. The molecule has 104 valence electrons. The molecule has 1 aliphatic carbocycles. The average molecular weight is 273 g/mol. The van der Waals surface area contributed by atoms with Crippen molar-refractivity contribution in [2.24, 2.45) is 0 Å². The maximum atomic E-state index is 13.1. The molecule has 0 fully saturated rings. The summed E-state index contributed by atoms with van der Waals surface area (Å²) in [5.41, 5.74) is 3.46. The van der Waals surface area contributed by atoms with Gasteiger partial charge in [-0.25, -0.2) is 8.78 Å². The number of hydrogen-bond donors (Lipinski definition) is 1. The third-order valence-corrected chi connectivity index (χ3v) is 3.86. The Morgan fingerprint density at radius 1 is 1.05 bits per heavy atom. The van der Waals surface area contributed by atoms with Gasteiger partial charge >= 0.3 is 0 Å². The number of rotatable bonds is 4. The van der Waals surface area contributed by atoms with E-state index in [1.165, 1.54) is 23.3 Å². The summed E-state index contributed by atoms with van der Waals surface area (Å²) in [4.78, 5) is 0. The normalized spacial score (nSPS) is 17.2. The van der Waals surface area contributed by atoms with Gasteiger partial charge in [0.1, 0.15) is 11.6 Å². The summed E-state index contributed by atoms with van der Waals surface area (Å²) in [7, 11) is 0. The predicted molar refractivity (Wildman–Crippen MR) is 75.6 cm³/mol. The van der Waals surface area contributed by atoms with Gasteiger partial charge in [-0.05, 0) is 54.6 Å². The fraction of sp³-hybridized carbons (Fsp3) is 0.294. The molecule has 0 heterocycles. The first-order valence-electron chi connectivity index (χ1n) is 6.98. The van der Waals surface area contributed by atoms with Crippen LogP contribution in [0.25, 0.3) is 0 Å². The first-order valence-corrected chi connectivity index (χ1v) is 6.98. The Labute approximate surface area is 117 Å². The maximum Gasteiger partial charge on any atom is 0.126 e. The molecule has 3 rings (SSSR count). The largest absolute Gasteiger partial charge is 0.310 e. The summed E-state index contributed by atoms with van der Waals surface area (Å²) in [6.45, 7) is 0.724. The van der Waals surface area contributed by atoms with Crippen LogP contribution < -0.4 is 5.32 Å². The lowest BCUT2D eigenvalue weighted by molar-refractivity contribution is 0.530. The van der Waals surface area contributed by atoms with Gasteiger partial charge in [-0.15, -0.1) is 0 Å². The number of nitrogens with one attached hydrogen (secondary N) is 1. The molecule has 1 atom stereocenters. The number of hydrogen-bond acceptors (Lipinski definition) is 1. The standard InChI is InChI=1S/C17H17F2N/c18-14-9-12(10-15(19)11-14)7-8-20-17-6-5-13-3-1-2-4-16(13)17/h1-4,9-11,17,20H,5-8H2. The van der Waals surface area contributed by atoms with Gasteiger partial charge in [0.2, 0.25) is 0 Å². The van der Waals surface area contributed by atoms with Crippen molar-refractivity contribution in [3.05, 3.63) is 70.8 Å². The number of halogens is 2. The Hall–Kier alpha value is -1.74. The van der Waals surface area contributed by atoms with E-state index in [0.29, 0.717) is 18.0 Å². The van der Waals surface area contributed by atoms with Crippen LogP contribution >= 0.6 is 0 Å². The SMILES string of the molecule is Fc1cc(F)cc(CCNC2CCc3ccccc32)c1. The second kappa shape index (κ2) is 5.71. The van der Waals surface area contributed by atoms with E-state index in [0.717, 1.165) is 25.5 Å². The van der Waals surface area contributed by atoms with Crippen molar-refractivity contribution < 1.29 is 8.78 Å². The van der Waals surface area contributed by atoms with E-state index in [-0.39, 0.29) is 0 Å². The molecule has 0 bridgehead atoms. The van der Waals surface area contributed by atoms with Crippen molar-refractivity contribution in [2.75, 3.05) is 6.54 Å². The molecule has 0 radical (unpaired) electrons. The quantitative estimate of drug-likeness (QED) is 0.893. The van der Waals surface area contributed by atoms with Crippen LogP contribution in [0.1, 0.15) is 29.2 Å². The molecule has 0 aromatic heterocycles. The molecule has 0 amide bonds. The topological polar surface area (TPSA) is 12.0 Å². The smallest absolute Gasteiger partial charge is 0.126 e. The second-order valence-corrected chi connectivity index (χ2v) is 5.27. The monoisotopic (exact) mass is 273 g/mol. The third-order valence-electron chi connectivity index (χ3n) is 3.86. The highest BCUT2D eigenvalue weighted by molar-refractivity contribution is 5.34. The predicted octanol–water partition coefficient (Wildman–Crippen LogP) is 3.78. The van der Waals surface area contributed by atoms with Gasteiger partial charge < -0.3 is 5.32 Å². The number of benzene rings is 2. The highest BCUT2D eigenvalue weighted by atomic mass is 19.1. The zero-order chi connectivity index (χ0) is 13.9. The highest BCUT2D eigenvalue weighted by Crippen LogP contribution is 2.30. The molecule has 1 nitrogen and oxygen atoms in total. The zero-order valence-electron chi connectivity index (χ0n) is 11.2. The zero-order valence-corrected chi connectivity index (χ0v) is 11.2. The molecule has 0 aliphatic heterocycles. The summed E-state index contributed by atoms with van der Waals surface area (Å²) in [6, 6.07) is 12.5. The lowest BCUT2D eigenvalue weighted by Gasteiger charge is -2.14. The summed E-state index contributed by atoms with van der Waals surface area (Å²) < 4.78 is 26.2.